The van der Waals surface area contributed by atoms with Crippen molar-refractivity contribution in [3.05, 3.63) is 34.9 Å². The fraction of sp³-hybridized carbons (Fsp3) is 0.571. The lowest BCUT2D eigenvalue weighted by molar-refractivity contribution is 0.153. The smallest absolute Gasteiger partial charge is 0.0408 e. The molecule has 1 N–H and O–H groups in total. The molecule has 0 aromatic heterocycles. The van der Waals surface area contributed by atoms with Crippen molar-refractivity contribution in [1.82, 2.24) is 5.32 Å². The van der Waals surface area contributed by atoms with Gasteiger partial charge >= 0.3 is 0 Å². The predicted molar refractivity (Wildman–Crippen MR) is 70.1 cm³/mol. The van der Waals surface area contributed by atoms with Gasteiger partial charge in [0.15, 0.2) is 0 Å². The highest BCUT2D eigenvalue weighted by atomic mass is 35.5. The van der Waals surface area contributed by atoms with E-state index < -0.39 is 0 Å². The Labute approximate surface area is 103 Å². The van der Waals surface area contributed by atoms with E-state index in [2.05, 4.69) is 37.4 Å². The van der Waals surface area contributed by atoms with Crippen LogP contribution in [0.2, 0.25) is 5.02 Å². The number of likely N-dealkylation sites (N-methyl/N-ethyl adjacent to an activating group) is 1. The van der Waals surface area contributed by atoms with Crippen molar-refractivity contribution < 1.29 is 0 Å². The molecular weight excluding hydrogens is 218 g/mol. The van der Waals surface area contributed by atoms with Crippen molar-refractivity contribution in [1.29, 1.82) is 0 Å². The standard InChI is InChI=1S/C14H20ClN/c1-3-16-10-14(8-11(2)9-14)12-5-4-6-13(15)7-12/h4-7,11,16H,3,8-10H2,1-2H3. The second kappa shape index (κ2) is 4.77. The predicted octanol–water partition coefficient (Wildman–Crippen LogP) is 3.62. The summed E-state index contributed by atoms with van der Waals surface area (Å²) < 4.78 is 0. The number of nitrogens with one attached hydrogen (secondary N) is 1. The minimum atomic E-state index is 0.334. The van der Waals surface area contributed by atoms with Crippen LogP contribution in [-0.4, -0.2) is 13.1 Å². The van der Waals surface area contributed by atoms with E-state index in [1.54, 1.807) is 0 Å². The fourth-order valence-electron chi connectivity index (χ4n) is 2.94. The third-order valence-electron chi connectivity index (χ3n) is 3.63. The van der Waals surface area contributed by atoms with Crippen molar-refractivity contribution in [3.8, 4) is 0 Å². The van der Waals surface area contributed by atoms with Crippen LogP contribution in [-0.2, 0) is 5.41 Å². The van der Waals surface area contributed by atoms with Gasteiger partial charge in [-0.05, 0) is 43.0 Å². The molecule has 1 aromatic carbocycles. The summed E-state index contributed by atoms with van der Waals surface area (Å²) in [5.74, 6) is 0.845. The summed E-state index contributed by atoms with van der Waals surface area (Å²) in [6.07, 6.45) is 2.56. The van der Waals surface area contributed by atoms with Gasteiger partial charge in [0.05, 0.1) is 0 Å². The van der Waals surface area contributed by atoms with Crippen LogP contribution in [0.15, 0.2) is 24.3 Å². The van der Waals surface area contributed by atoms with E-state index in [9.17, 15) is 0 Å². The van der Waals surface area contributed by atoms with E-state index in [0.717, 1.165) is 24.0 Å². The zero-order valence-electron chi connectivity index (χ0n) is 10.1. The molecule has 16 heavy (non-hydrogen) atoms. The quantitative estimate of drug-likeness (QED) is 0.844. The zero-order valence-corrected chi connectivity index (χ0v) is 10.8. The first-order valence-corrected chi connectivity index (χ1v) is 6.51. The molecule has 0 spiro atoms. The monoisotopic (exact) mass is 237 g/mol. The first-order valence-electron chi connectivity index (χ1n) is 6.13. The number of hydrogen-bond acceptors (Lipinski definition) is 1. The molecule has 1 aliphatic carbocycles. The third kappa shape index (κ3) is 2.26. The molecular formula is C14H20ClN. The van der Waals surface area contributed by atoms with Crippen molar-refractivity contribution in [2.45, 2.75) is 32.1 Å². The molecule has 0 bridgehead atoms. The van der Waals surface area contributed by atoms with E-state index in [1.807, 2.05) is 6.07 Å². The topological polar surface area (TPSA) is 12.0 Å². The maximum absolute atomic E-state index is 6.08. The molecule has 0 saturated heterocycles. The Bertz CT molecular complexity index is 356. The highest BCUT2D eigenvalue weighted by Gasteiger charge is 2.42. The molecule has 2 heteroatoms. The third-order valence-corrected chi connectivity index (χ3v) is 3.86. The van der Waals surface area contributed by atoms with Crippen LogP contribution < -0.4 is 5.32 Å². The molecule has 0 aliphatic heterocycles. The minimum absolute atomic E-state index is 0.334. The summed E-state index contributed by atoms with van der Waals surface area (Å²) in [6, 6.07) is 8.36. The SMILES string of the molecule is CCNCC1(c2cccc(Cl)c2)CC(C)C1. The molecule has 1 aliphatic rings. The largest absolute Gasteiger partial charge is 0.316 e. The van der Waals surface area contributed by atoms with Crippen LogP contribution >= 0.6 is 11.6 Å². The summed E-state index contributed by atoms with van der Waals surface area (Å²) in [5, 5.41) is 4.34. The zero-order chi connectivity index (χ0) is 11.6. The maximum atomic E-state index is 6.08. The highest BCUT2D eigenvalue weighted by Crippen LogP contribution is 2.47. The Morgan fingerprint density at radius 1 is 1.44 bits per heavy atom. The van der Waals surface area contributed by atoms with Crippen LogP contribution in [0, 0.1) is 5.92 Å². The van der Waals surface area contributed by atoms with Crippen LogP contribution in [0.3, 0.4) is 0 Å². The van der Waals surface area contributed by atoms with Gasteiger partial charge < -0.3 is 5.32 Å². The summed E-state index contributed by atoms with van der Waals surface area (Å²) in [5.41, 5.74) is 1.74. The second-order valence-corrected chi connectivity index (χ2v) is 5.52. The van der Waals surface area contributed by atoms with Crippen LogP contribution in [0.4, 0.5) is 0 Å². The number of halogens is 1. The Kier molecular flexibility index (Phi) is 3.56. The summed E-state index contributed by atoms with van der Waals surface area (Å²) in [7, 11) is 0. The minimum Gasteiger partial charge on any atom is -0.316 e. The lowest BCUT2D eigenvalue weighted by atomic mass is 9.59. The molecule has 0 atom stereocenters. The normalized spacial score (nSPS) is 28.8. The Morgan fingerprint density at radius 3 is 2.75 bits per heavy atom. The average Bonchev–Trinajstić information content (AvgIpc) is 2.22. The molecule has 1 nitrogen and oxygen atoms in total. The van der Waals surface area contributed by atoms with Crippen LogP contribution in [0.5, 0.6) is 0 Å². The van der Waals surface area contributed by atoms with Crippen molar-refractivity contribution in [2.24, 2.45) is 5.92 Å². The molecule has 1 aromatic rings. The first kappa shape index (κ1) is 11.9. The van der Waals surface area contributed by atoms with E-state index in [-0.39, 0.29) is 0 Å². The molecule has 0 amide bonds. The van der Waals surface area contributed by atoms with Gasteiger partial charge in [-0.2, -0.15) is 0 Å². The maximum Gasteiger partial charge on any atom is 0.0408 e. The molecule has 1 saturated carbocycles. The van der Waals surface area contributed by atoms with E-state index in [1.165, 1.54) is 18.4 Å². The van der Waals surface area contributed by atoms with Crippen molar-refractivity contribution in [2.75, 3.05) is 13.1 Å². The summed E-state index contributed by atoms with van der Waals surface area (Å²) in [6.45, 7) is 6.60. The van der Waals surface area contributed by atoms with Gasteiger partial charge in [-0.15, -0.1) is 0 Å². The van der Waals surface area contributed by atoms with E-state index in [0.29, 0.717) is 5.41 Å². The molecule has 0 unspecified atom stereocenters. The molecule has 88 valence electrons. The van der Waals surface area contributed by atoms with Crippen LogP contribution in [0.1, 0.15) is 32.3 Å². The molecule has 2 rings (SSSR count). The fourth-order valence-corrected chi connectivity index (χ4v) is 3.13. The van der Waals surface area contributed by atoms with Crippen LogP contribution in [0.25, 0.3) is 0 Å². The van der Waals surface area contributed by atoms with Gasteiger partial charge in [0, 0.05) is 17.0 Å². The number of hydrogen-bond donors (Lipinski definition) is 1. The van der Waals surface area contributed by atoms with Crippen molar-refractivity contribution >= 4 is 11.6 Å². The van der Waals surface area contributed by atoms with Gasteiger partial charge in [0.2, 0.25) is 0 Å². The Hall–Kier alpha value is -0.530. The van der Waals surface area contributed by atoms with Gasteiger partial charge in [-0.25, -0.2) is 0 Å². The van der Waals surface area contributed by atoms with Crippen molar-refractivity contribution in [3.63, 3.8) is 0 Å². The lowest BCUT2D eigenvalue weighted by Gasteiger charge is -2.47. The van der Waals surface area contributed by atoms with Gasteiger partial charge in [0.25, 0.3) is 0 Å². The number of benzene rings is 1. The van der Waals surface area contributed by atoms with Gasteiger partial charge in [-0.1, -0.05) is 37.6 Å². The van der Waals surface area contributed by atoms with Gasteiger partial charge in [0.1, 0.15) is 0 Å². The second-order valence-electron chi connectivity index (χ2n) is 5.08. The number of rotatable bonds is 4. The van der Waals surface area contributed by atoms with E-state index in [4.69, 9.17) is 11.6 Å². The molecule has 0 heterocycles. The molecule has 1 fully saturated rings. The Morgan fingerprint density at radius 2 is 2.19 bits per heavy atom. The molecule has 0 radical (unpaired) electrons. The summed E-state index contributed by atoms with van der Waals surface area (Å²) in [4.78, 5) is 0. The first-order chi connectivity index (χ1) is 7.66. The van der Waals surface area contributed by atoms with Gasteiger partial charge in [-0.3, -0.25) is 0 Å². The Balaban J connectivity index is 2.19. The average molecular weight is 238 g/mol. The summed E-state index contributed by atoms with van der Waals surface area (Å²) >= 11 is 6.08. The highest BCUT2D eigenvalue weighted by molar-refractivity contribution is 6.30. The van der Waals surface area contributed by atoms with E-state index >= 15 is 0 Å². The lowest BCUT2D eigenvalue weighted by Crippen LogP contribution is -2.47.